The van der Waals surface area contributed by atoms with E-state index in [1.54, 1.807) is 0 Å². The summed E-state index contributed by atoms with van der Waals surface area (Å²) in [6.45, 7) is 8.21. The molecular formula is C14H27N3O. The van der Waals surface area contributed by atoms with Crippen LogP contribution >= 0.6 is 0 Å². The summed E-state index contributed by atoms with van der Waals surface area (Å²) in [5.74, 6) is 1.37. The molecule has 3 N–H and O–H groups in total. The smallest absolute Gasteiger partial charge is 0.224 e. The second kappa shape index (κ2) is 6.02. The van der Waals surface area contributed by atoms with Crippen LogP contribution in [0.3, 0.4) is 0 Å². The Kier molecular flexibility index (Phi) is 4.62. The Hall–Kier alpha value is -0.610. The van der Waals surface area contributed by atoms with Crippen LogP contribution in [0.1, 0.15) is 33.1 Å². The standard InChI is InChI=1S/C14H27N3O/c1-10(2)7-12(8-15)14(18)16-13-9-17-5-3-11(13)4-6-17/h10-13H,3-9,15H2,1-2H3,(H,16,18). The van der Waals surface area contributed by atoms with E-state index in [9.17, 15) is 4.79 Å². The number of hydrogen-bond donors (Lipinski definition) is 2. The minimum absolute atomic E-state index is 0.0135. The first-order valence-corrected chi connectivity index (χ1v) is 7.33. The largest absolute Gasteiger partial charge is 0.352 e. The Morgan fingerprint density at radius 1 is 1.39 bits per heavy atom. The molecule has 18 heavy (non-hydrogen) atoms. The van der Waals surface area contributed by atoms with E-state index in [1.165, 1.54) is 25.9 Å². The normalized spacial score (nSPS) is 32.6. The van der Waals surface area contributed by atoms with Crippen molar-refractivity contribution in [3.05, 3.63) is 0 Å². The highest BCUT2D eigenvalue weighted by Crippen LogP contribution is 2.27. The van der Waals surface area contributed by atoms with Gasteiger partial charge in [-0.25, -0.2) is 0 Å². The summed E-state index contributed by atoms with van der Waals surface area (Å²) in [6, 6.07) is 0.362. The molecule has 0 aliphatic carbocycles. The molecule has 2 bridgehead atoms. The van der Waals surface area contributed by atoms with Gasteiger partial charge in [-0.05, 0) is 44.2 Å². The van der Waals surface area contributed by atoms with Gasteiger partial charge >= 0.3 is 0 Å². The zero-order chi connectivity index (χ0) is 13.1. The van der Waals surface area contributed by atoms with E-state index in [0.717, 1.165) is 13.0 Å². The van der Waals surface area contributed by atoms with E-state index in [0.29, 0.717) is 24.4 Å². The van der Waals surface area contributed by atoms with Gasteiger partial charge in [0.15, 0.2) is 0 Å². The van der Waals surface area contributed by atoms with E-state index >= 15 is 0 Å². The maximum absolute atomic E-state index is 12.2. The predicted molar refractivity (Wildman–Crippen MR) is 73.1 cm³/mol. The Morgan fingerprint density at radius 2 is 2.06 bits per heavy atom. The van der Waals surface area contributed by atoms with E-state index in [1.807, 2.05) is 0 Å². The molecule has 4 nitrogen and oxygen atoms in total. The number of nitrogens with one attached hydrogen (secondary N) is 1. The Labute approximate surface area is 110 Å². The fourth-order valence-corrected chi connectivity index (χ4v) is 3.31. The molecule has 4 heteroatoms. The van der Waals surface area contributed by atoms with Crippen LogP contribution < -0.4 is 11.1 Å². The summed E-state index contributed by atoms with van der Waals surface area (Å²) in [6.07, 6.45) is 3.37. The second-order valence-electron chi connectivity index (χ2n) is 6.32. The van der Waals surface area contributed by atoms with Gasteiger partial charge in [-0.2, -0.15) is 0 Å². The van der Waals surface area contributed by atoms with Crippen LogP contribution in [-0.4, -0.2) is 43.0 Å². The highest BCUT2D eigenvalue weighted by Gasteiger charge is 2.35. The molecule has 1 amide bonds. The van der Waals surface area contributed by atoms with Crippen molar-refractivity contribution in [1.82, 2.24) is 10.2 Å². The van der Waals surface area contributed by atoms with Crippen LogP contribution in [0.5, 0.6) is 0 Å². The second-order valence-corrected chi connectivity index (χ2v) is 6.32. The first-order chi connectivity index (χ1) is 8.60. The summed E-state index contributed by atoms with van der Waals surface area (Å²) >= 11 is 0. The molecule has 3 fully saturated rings. The topological polar surface area (TPSA) is 58.4 Å². The van der Waals surface area contributed by atoms with Gasteiger partial charge in [0.05, 0.1) is 5.92 Å². The molecule has 0 aromatic rings. The van der Waals surface area contributed by atoms with Gasteiger partial charge in [0.2, 0.25) is 5.91 Å². The summed E-state index contributed by atoms with van der Waals surface area (Å²) in [4.78, 5) is 14.7. The zero-order valence-electron chi connectivity index (χ0n) is 11.7. The molecule has 0 radical (unpaired) electrons. The number of carbonyl (C=O) groups excluding carboxylic acids is 1. The van der Waals surface area contributed by atoms with Gasteiger partial charge in [0.25, 0.3) is 0 Å². The molecule has 0 aromatic carbocycles. The van der Waals surface area contributed by atoms with E-state index < -0.39 is 0 Å². The Bertz CT molecular complexity index is 285. The van der Waals surface area contributed by atoms with Crippen LogP contribution in [0.25, 0.3) is 0 Å². The summed E-state index contributed by atoms with van der Waals surface area (Å²) in [7, 11) is 0. The number of nitrogens with two attached hydrogens (primary N) is 1. The predicted octanol–water partition coefficient (Wildman–Crippen LogP) is 0.818. The fraction of sp³-hybridized carbons (Fsp3) is 0.929. The lowest BCUT2D eigenvalue weighted by Gasteiger charge is -2.45. The maximum atomic E-state index is 12.2. The van der Waals surface area contributed by atoms with E-state index in [-0.39, 0.29) is 11.8 Å². The minimum Gasteiger partial charge on any atom is -0.352 e. The number of amides is 1. The third kappa shape index (κ3) is 3.23. The molecule has 0 aromatic heterocycles. The van der Waals surface area contributed by atoms with Crippen molar-refractivity contribution >= 4 is 5.91 Å². The molecule has 3 saturated heterocycles. The van der Waals surface area contributed by atoms with Gasteiger partial charge in [-0.15, -0.1) is 0 Å². The molecule has 0 saturated carbocycles. The van der Waals surface area contributed by atoms with Crippen molar-refractivity contribution in [3.63, 3.8) is 0 Å². The Balaban J connectivity index is 1.86. The molecule has 0 spiro atoms. The maximum Gasteiger partial charge on any atom is 0.224 e. The molecule has 3 aliphatic rings. The third-order valence-corrected chi connectivity index (χ3v) is 4.40. The number of hydrogen-bond acceptors (Lipinski definition) is 3. The number of rotatable bonds is 5. The van der Waals surface area contributed by atoms with E-state index in [2.05, 4.69) is 24.1 Å². The summed E-state index contributed by atoms with van der Waals surface area (Å²) < 4.78 is 0. The third-order valence-electron chi connectivity index (χ3n) is 4.40. The fourth-order valence-electron chi connectivity index (χ4n) is 3.31. The first kappa shape index (κ1) is 13.8. The molecule has 104 valence electrons. The summed E-state index contributed by atoms with van der Waals surface area (Å²) in [5.41, 5.74) is 5.73. The molecule has 2 atom stereocenters. The van der Waals surface area contributed by atoms with Crippen molar-refractivity contribution in [1.29, 1.82) is 0 Å². The number of fused-ring (bicyclic) bond motifs is 3. The van der Waals surface area contributed by atoms with E-state index in [4.69, 9.17) is 5.73 Å². The highest BCUT2D eigenvalue weighted by atomic mass is 16.2. The quantitative estimate of drug-likeness (QED) is 0.762. The van der Waals surface area contributed by atoms with Gasteiger partial charge in [-0.1, -0.05) is 13.8 Å². The lowest BCUT2D eigenvalue weighted by molar-refractivity contribution is -0.127. The number of piperidine rings is 3. The van der Waals surface area contributed by atoms with Gasteiger partial charge in [0.1, 0.15) is 0 Å². The molecule has 3 aliphatic heterocycles. The van der Waals surface area contributed by atoms with Gasteiger partial charge in [0, 0.05) is 19.1 Å². The van der Waals surface area contributed by atoms with Crippen molar-refractivity contribution in [2.24, 2.45) is 23.5 Å². The highest BCUT2D eigenvalue weighted by molar-refractivity contribution is 5.79. The Morgan fingerprint density at radius 3 is 2.50 bits per heavy atom. The van der Waals surface area contributed by atoms with Crippen LogP contribution in [0.15, 0.2) is 0 Å². The minimum atomic E-state index is -0.0135. The average Bonchev–Trinajstić information content (AvgIpc) is 2.37. The van der Waals surface area contributed by atoms with Crippen molar-refractivity contribution in [2.45, 2.75) is 39.2 Å². The van der Waals surface area contributed by atoms with Gasteiger partial charge in [-0.3, -0.25) is 4.79 Å². The lowest BCUT2D eigenvalue weighted by atomic mass is 9.83. The molecule has 3 heterocycles. The van der Waals surface area contributed by atoms with Crippen molar-refractivity contribution < 1.29 is 4.79 Å². The molecule has 2 unspecified atom stereocenters. The number of nitrogens with zero attached hydrogens (tertiary/aromatic N) is 1. The van der Waals surface area contributed by atoms with Crippen LogP contribution in [0.4, 0.5) is 0 Å². The number of carbonyl (C=O) groups is 1. The lowest BCUT2D eigenvalue weighted by Crippen LogP contribution is -2.58. The van der Waals surface area contributed by atoms with Crippen molar-refractivity contribution in [2.75, 3.05) is 26.2 Å². The molecular weight excluding hydrogens is 226 g/mol. The average molecular weight is 253 g/mol. The monoisotopic (exact) mass is 253 g/mol. The van der Waals surface area contributed by atoms with Gasteiger partial charge < -0.3 is 16.0 Å². The zero-order valence-corrected chi connectivity index (χ0v) is 11.7. The first-order valence-electron chi connectivity index (χ1n) is 7.33. The summed E-state index contributed by atoms with van der Waals surface area (Å²) in [5, 5.41) is 3.25. The SMILES string of the molecule is CC(C)CC(CN)C(=O)NC1CN2CCC1CC2. The van der Waals surface area contributed by atoms with Crippen LogP contribution in [-0.2, 0) is 4.79 Å². The van der Waals surface area contributed by atoms with Crippen LogP contribution in [0.2, 0.25) is 0 Å². The molecule has 3 rings (SSSR count). The van der Waals surface area contributed by atoms with Crippen LogP contribution in [0, 0.1) is 17.8 Å². The van der Waals surface area contributed by atoms with Crippen molar-refractivity contribution in [3.8, 4) is 0 Å².